The molecule has 0 heterocycles. The molecule has 2 nitrogen and oxygen atoms in total. The van der Waals surface area contributed by atoms with Gasteiger partial charge in [-0.3, -0.25) is 0 Å². The summed E-state index contributed by atoms with van der Waals surface area (Å²) in [4.78, 5) is 0. The van der Waals surface area contributed by atoms with Crippen molar-refractivity contribution in [2.24, 2.45) is 0 Å². The number of halogens is 1. The molecule has 48 valence electrons. The molecule has 0 aliphatic rings. The molecule has 3 heteroatoms. The Morgan fingerprint density at radius 2 is 1.89 bits per heavy atom. The first-order valence-electron chi connectivity index (χ1n) is 2.52. The summed E-state index contributed by atoms with van der Waals surface area (Å²) in [6.07, 6.45) is 0. The van der Waals surface area contributed by atoms with Crippen LogP contribution in [0.5, 0.6) is 0 Å². The molecular weight excluding hydrogens is 121 g/mol. The van der Waals surface area contributed by atoms with E-state index in [0.29, 0.717) is 5.69 Å². The van der Waals surface area contributed by atoms with Gasteiger partial charge < -0.3 is 0 Å². The summed E-state index contributed by atoms with van der Waals surface area (Å²) in [5.41, 5.74) is 2.64. The van der Waals surface area contributed by atoms with Crippen LogP contribution < -0.4 is 5.48 Å². The van der Waals surface area contributed by atoms with E-state index in [1.807, 2.05) is 11.5 Å². The molecule has 0 aliphatic carbocycles. The zero-order chi connectivity index (χ0) is 6.53. The summed E-state index contributed by atoms with van der Waals surface area (Å²) in [5.74, 6) is 0. The molecule has 0 fully saturated rings. The number of benzene rings is 1. The lowest BCUT2D eigenvalue weighted by Gasteiger charge is -1.95. The molecule has 0 atom stereocenters. The lowest BCUT2D eigenvalue weighted by atomic mass is 10.3. The van der Waals surface area contributed by atoms with Gasteiger partial charge >= 0.3 is 0 Å². The average molecular weight is 127 g/mol. The van der Waals surface area contributed by atoms with Crippen molar-refractivity contribution in [1.29, 1.82) is 0 Å². The van der Waals surface area contributed by atoms with Crippen LogP contribution in [-0.2, 0) is 5.04 Å². The number of hydrogen-bond donors (Lipinski definition) is 1. The minimum atomic E-state index is 0.597. The van der Waals surface area contributed by atoms with Crippen molar-refractivity contribution in [3.63, 3.8) is 0 Å². The average Bonchev–Trinajstić information content (AvgIpc) is 1.91. The minimum absolute atomic E-state index is 0.597. The Labute approximate surface area is 52.1 Å². The fraction of sp³-hybridized carbons (Fsp3) is 0. The molecule has 0 saturated carbocycles. The second-order valence-electron chi connectivity index (χ2n) is 1.55. The zero-order valence-corrected chi connectivity index (χ0v) is 4.67. The van der Waals surface area contributed by atoms with Crippen molar-refractivity contribution in [3.05, 3.63) is 30.3 Å². The summed E-state index contributed by atoms with van der Waals surface area (Å²) in [5, 5.41) is 3.18. The maximum atomic E-state index is 11.1. The number of hydrogen-bond acceptors (Lipinski definition) is 2. The van der Waals surface area contributed by atoms with Crippen LogP contribution in [0, 0.1) is 0 Å². The Kier molecular flexibility index (Phi) is 2.04. The fourth-order valence-electron chi connectivity index (χ4n) is 0.551. The molecule has 0 bridgehead atoms. The van der Waals surface area contributed by atoms with E-state index in [0.717, 1.165) is 0 Å². The Hall–Kier alpha value is -1.09. The van der Waals surface area contributed by atoms with Crippen molar-refractivity contribution >= 4 is 5.69 Å². The highest BCUT2D eigenvalue weighted by Crippen LogP contribution is 2.03. The van der Waals surface area contributed by atoms with Crippen molar-refractivity contribution in [3.8, 4) is 0 Å². The van der Waals surface area contributed by atoms with Crippen LogP contribution in [0.4, 0.5) is 10.2 Å². The van der Waals surface area contributed by atoms with E-state index in [1.165, 1.54) is 0 Å². The Balaban J connectivity index is 2.61. The second kappa shape index (κ2) is 3.04. The highest BCUT2D eigenvalue weighted by molar-refractivity contribution is 5.39. The van der Waals surface area contributed by atoms with Gasteiger partial charge in [-0.1, -0.05) is 23.2 Å². The van der Waals surface area contributed by atoms with Gasteiger partial charge in [-0.05, 0) is 16.7 Å². The van der Waals surface area contributed by atoms with Gasteiger partial charge in [-0.2, -0.15) is 0 Å². The van der Waals surface area contributed by atoms with E-state index in [9.17, 15) is 4.53 Å². The van der Waals surface area contributed by atoms with E-state index in [2.05, 4.69) is 5.04 Å². The monoisotopic (exact) mass is 127 g/mol. The topological polar surface area (TPSA) is 21.3 Å². The third-order valence-corrected chi connectivity index (χ3v) is 0.930. The van der Waals surface area contributed by atoms with Gasteiger partial charge in [-0.25, -0.2) is 5.48 Å². The lowest BCUT2D eigenvalue weighted by molar-refractivity contribution is -0.0973. The van der Waals surface area contributed by atoms with Crippen LogP contribution in [0.15, 0.2) is 30.3 Å². The summed E-state index contributed by atoms with van der Waals surface area (Å²) in [7, 11) is 0. The van der Waals surface area contributed by atoms with Gasteiger partial charge in [-0.15, -0.1) is 0 Å². The van der Waals surface area contributed by atoms with Crippen LogP contribution in [0.25, 0.3) is 0 Å². The summed E-state index contributed by atoms with van der Waals surface area (Å²) in [6, 6.07) is 8.78. The van der Waals surface area contributed by atoms with E-state index < -0.39 is 0 Å². The zero-order valence-electron chi connectivity index (χ0n) is 4.67. The van der Waals surface area contributed by atoms with Gasteiger partial charge in [0.2, 0.25) is 0 Å². The van der Waals surface area contributed by atoms with Gasteiger partial charge in [0.05, 0.1) is 5.69 Å². The van der Waals surface area contributed by atoms with E-state index in [1.54, 1.807) is 24.3 Å². The molecule has 0 spiro atoms. The van der Waals surface area contributed by atoms with Crippen molar-refractivity contribution in [2.75, 3.05) is 5.48 Å². The molecule has 1 aromatic rings. The Morgan fingerprint density at radius 1 is 1.22 bits per heavy atom. The maximum absolute atomic E-state index is 11.1. The van der Waals surface area contributed by atoms with Crippen molar-refractivity contribution < 1.29 is 9.57 Å². The number of rotatable bonds is 2. The van der Waals surface area contributed by atoms with Gasteiger partial charge in [0, 0.05) is 0 Å². The van der Waals surface area contributed by atoms with Gasteiger partial charge in [0.1, 0.15) is 0 Å². The van der Waals surface area contributed by atoms with Crippen LogP contribution >= 0.6 is 0 Å². The Morgan fingerprint density at radius 3 is 2.44 bits per heavy atom. The Bertz CT molecular complexity index is 166. The highest BCUT2D eigenvalue weighted by atomic mass is 19.3. The quantitative estimate of drug-likeness (QED) is 0.613. The molecule has 9 heavy (non-hydrogen) atoms. The van der Waals surface area contributed by atoms with Crippen LogP contribution in [0.2, 0.25) is 0 Å². The number of para-hydroxylation sites is 1. The molecular formula is C6H6FNO. The summed E-state index contributed by atoms with van der Waals surface area (Å²) in [6.45, 7) is 0. The third kappa shape index (κ3) is 1.70. The predicted molar refractivity (Wildman–Crippen MR) is 32.3 cm³/mol. The first kappa shape index (κ1) is 6.04. The highest BCUT2D eigenvalue weighted by Gasteiger charge is 1.84. The molecule has 1 N–H and O–H groups in total. The molecule has 0 aliphatic heterocycles. The molecule has 1 rings (SSSR count). The van der Waals surface area contributed by atoms with E-state index >= 15 is 0 Å². The first-order valence-corrected chi connectivity index (χ1v) is 2.52. The largest absolute Gasteiger partial charge is 0.231 e. The molecule has 0 saturated heterocycles. The minimum Gasteiger partial charge on any atom is -0.231 e. The fourth-order valence-corrected chi connectivity index (χ4v) is 0.551. The first-order chi connectivity index (χ1) is 4.43. The van der Waals surface area contributed by atoms with Gasteiger partial charge in [0.25, 0.3) is 0 Å². The lowest BCUT2D eigenvalue weighted by Crippen LogP contribution is -1.89. The summed E-state index contributed by atoms with van der Waals surface area (Å²) < 4.78 is 11.1. The van der Waals surface area contributed by atoms with Crippen LogP contribution in [0.1, 0.15) is 0 Å². The van der Waals surface area contributed by atoms with Gasteiger partial charge in [0.15, 0.2) is 0 Å². The number of nitrogens with one attached hydrogen (secondary N) is 1. The van der Waals surface area contributed by atoms with Crippen molar-refractivity contribution in [2.45, 2.75) is 0 Å². The smallest absolute Gasteiger partial charge is 0.0637 e. The molecule has 0 aromatic heterocycles. The van der Waals surface area contributed by atoms with E-state index in [-0.39, 0.29) is 0 Å². The molecule has 0 unspecified atom stereocenters. The van der Waals surface area contributed by atoms with E-state index in [4.69, 9.17) is 0 Å². The number of anilines is 1. The summed E-state index contributed by atoms with van der Waals surface area (Å²) >= 11 is 0. The molecule has 0 amide bonds. The third-order valence-electron chi connectivity index (χ3n) is 0.930. The predicted octanol–water partition coefficient (Wildman–Crippen LogP) is 1.91. The SMILES string of the molecule is FONc1ccccc1. The maximum Gasteiger partial charge on any atom is 0.0637 e. The standard InChI is InChI=1S/C6H6FNO/c7-9-8-6-4-2-1-3-5-6/h1-5,8H. The van der Waals surface area contributed by atoms with Crippen molar-refractivity contribution in [1.82, 2.24) is 0 Å². The van der Waals surface area contributed by atoms with Crippen LogP contribution in [-0.4, -0.2) is 0 Å². The molecule has 1 aromatic carbocycles. The molecule has 0 radical (unpaired) electrons. The van der Waals surface area contributed by atoms with Crippen LogP contribution in [0.3, 0.4) is 0 Å². The normalized spacial score (nSPS) is 9.00. The second-order valence-corrected chi connectivity index (χ2v) is 1.55.